The zero-order valence-electron chi connectivity index (χ0n) is 19.1. The van der Waals surface area contributed by atoms with E-state index in [1.165, 1.54) is 12.1 Å². The molecule has 0 saturated carbocycles. The van der Waals surface area contributed by atoms with Gasteiger partial charge in [0.15, 0.2) is 0 Å². The van der Waals surface area contributed by atoms with E-state index < -0.39 is 0 Å². The van der Waals surface area contributed by atoms with E-state index in [9.17, 15) is 14.0 Å². The first-order chi connectivity index (χ1) is 16.5. The molecular formula is C27H27FN4O2. The van der Waals surface area contributed by atoms with Gasteiger partial charge < -0.3 is 15.2 Å². The van der Waals surface area contributed by atoms with Crippen LogP contribution in [0.3, 0.4) is 0 Å². The third-order valence-corrected chi connectivity index (χ3v) is 5.61. The molecule has 3 aromatic carbocycles. The van der Waals surface area contributed by atoms with Crippen LogP contribution in [0.4, 0.5) is 4.39 Å². The van der Waals surface area contributed by atoms with Gasteiger partial charge in [-0.15, -0.1) is 0 Å². The highest BCUT2D eigenvalue weighted by Gasteiger charge is 2.14. The summed E-state index contributed by atoms with van der Waals surface area (Å²) in [5.74, 6) is 0.234. The molecule has 0 radical (unpaired) electrons. The van der Waals surface area contributed by atoms with Crippen molar-refractivity contribution in [3.63, 3.8) is 0 Å². The highest BCUT2D eigenvalue weighted by Crippen LogP contribution is 2.17. The van der Waals surface area contributed by atoms with E-state index in [2.05, 4.69) is 10.6 Å². The Morgan fingerprint density at radius 3 is 2.44 bits per heavy atom. The number of fused-ring (bicyclic) bond motifs is 1. The molecule has 2 amide bonds. The number of rotatable bonds is 9. The molecule has 174 valence electrons. The van der Waals surface area contributed by atoms with Gasteiger partial charge in [-0.25, -0.2) is 9.37 Å². The Morgan fingerprint density at radius 2 is 1.68 bits per heavy atom. The molecule has 0 bridgehead atoms. The van der Waals surface area contributed by atoms with Crippen LogP contribution in [0.15, 0.2) is 72.8 Å². The van der Waals surface area contributed by atoms with Crippen LogP contribution in [0.2, 0.25) is 0 Å². The third kappa shape index (κ3) is 5.86. The van der Waals surface area contributed by atoms with E-state index in [0.717, 1.165) is 28.0 Å². The third-order valence-electron chi connectivity index (χ3n) is 5.61. The molecule has 0 spiro atoms. The van der Waals surface area contributed by atoms with Gasteiger partial charge in [0, 0.05) is 25.1 Å². The van der Waals surface area contributed by atoms with E-state index in [4.69, 9.17) is 4.98 Å². The molecule has 0 atom stereocenters. The maximum Gasteiger partial charge on any atom is 0.251 e. The highest BCUT2D eigenvalue weighted by molar-refractivity contribution is 5.94. The van der Waals surface area contributed by atoms with Crippen LogP contribution in [-0.4, -0.2) is 27.9 Å². The monoisotopic (exact) mass is 458 g/mol. The maximum atomic E-state index is 13.1. The molecule has 0 aliphatic rings. The van der Waals surface area contributed by atoms with Gasteiger partial charge in [0.1, 0.15) is 18.2 Å². The Kier molecular flexibility index (Phi) is 7.32. The van der Waals surface area contributed by atoms with E-state index >= 15 is 0 Å². The zero-order chi connectivity index (χ0) is 23.9. The number of carbonyl (C=O) groups excluding carboxylic acids is 2. The van der Waals surface area contributed by atoms with Crippen LogP contribution in [0.1, 0.15) is 33.7 Å². The smallest absolute Gasteiger partial charge is 0.251 e. The highest BCUT2D eigenvalue weighted by atomic mass is 19.1. The van der Waals surface area contributed by atoms with Crippen LogP contribution >= 0.6 is 0 Å². The second-order valence-corrected chi connectivity index (χ2v) is 8.23. The number of carbonyl (C=O) groups is 2. The van der Waals surface area contributed by atoms with Gasteiger partial charge in [0.05, 0.1) is 11.0 Å². The summed E-state index contributed by atoms with van der Waals surface area (Å²) in [6.45, 7) is 2.95. The van der Waals surface area contributed by atoms with Gasteiger partial charge in [0.25, 0.3) is 5.91 Å². The summed E-state index contributed by atoms with van der Waals surface area (Å²) in [4.78, 5) is 29.7. The average Bonchev–Trinajstić information content (AvgIpc) is 3.19. The molecule has 0 aliphatic heterocycles. The Morgan fingerprint density at radius 1 is 0.941 bits per heavy atom. The largest absolute Gasteiger partial charge is 0.352 e. The minimum absolute atomic E-state index is 0.103. The first kappa shape index (κ1) is 23.2. The van der Waals surface area contributed by atoms with Crippen molar-refractivity contribution in [2.75, 3.05) is 6.54 Å². The second kappa shape index (κ2) is 10.7. The predicted molar refractivity (Wildman–Crippen MR) is 130 cm³/mol. The van der Waals surface area contributed by atoms with Gasteiger partial charge in [-0.2, -0.15) is 0 Å². The topological polar surface area (TPSA) is 76.0 Å². The van der Waals surface area contributed by atoms with Crippen LogP contribution in [0, 0.1) is 12.7 Å². The lowest BCUT2D eigenvalue weighted by Crippen LogP contribution is -2.28. The number of aromatic nitrogens is 2. The molecule has 2 N–H and O–H groups in total. The number of hydrogen-bond acceptors (Lipinski definition) is 3. The Bertz CT molecular complexity index is 1280. The number of halogens is 1. The van der Waals surface area contributed by atoms with Crippen molar-refractivity contribution in [2.24, 2.45) is 0 Å². The van der Waals surface area contributed by atoms with E-state index in [1.54, 1.807) is 12.1 Å². The summed E-state index contributed by atoms with van der Waals surface area (Å²) in [5, 5.41) is 5.83. The van der Waals surface area contributed by atoms with Gasteiger partial charge in [0.2, 0.25) is 5.91 Å². The van der Waals surface area contributed by atoms with Gasteiger partial charge in [-0.3, -0.25) is 9.59 Å². The van der Waals surface area contributed by atoms with Gasteiger partial charge >= 0.3 is 0 Å². The molecule has 1 aromatic heterocycles. The molecular weight excluding hydrogens is 431 g/mol. The molecule has 0 aliphatic carbocycles. The van der Waals surface area contributed by atoms with E-state index in [-0.39, 0.29) is 24.2 Å². The molecule has 34 heavy (non-hydrogen) atoms. The van der Waals surface area contributed by atoms with Crippen LogP contribution < -0.4 is 10.6 Å². The summed E-state index contributed by atoms with van der Waals surface area (Å²) < 4.78 is 15.0. The van der Waals surface area contributed by atoms with Crippen molar-refractivity contribution < 1.29 is 14.0 Å². The SMILES string of the molecule is Cc1ccc(C(=O)NCCCc2nc3ccccc3n2CC(=O)NCc2ccc(F)cc2)cc1. The molecule has 0 fully saturated rings. The average molecular weight is 459 g/mol. The number of imidazole rings is 1. The minimum atomic E-state index is -0.306. The lowest BCUT2D eigenvalue weighted by Gasteiger charge is -2.11. The zero-order valence-corrected chi connectivity index (χ0v) is 19.1. The number of amides is 2. The fourth-order valence-electron chi connectivity index (χ4n) is 3.75. The number of nitrogens with zero attached hydrogens (tertiary/aromatic N) is 2. The molecule has 4 rings (SSSR count). The molecule has 6 nitrogen and oxygen atoms in total. The standard InChI is InChI=1S/C27H27FN4O2/c1-19-8-12-21(13-9-19)27(34)29-16-4-7-25-31-23-5-2-3-6-24(23)32(25)18-26(33)30-17-20-10-14-22(28)15-11-20/h2-3,5-6,8-15H,4,7,16-18H2,1H3,(H,29,34)(H,30,33). The number of aryl methyl sites for hydroxylation is 2. The minimum Gasteiger partial charge on any atom is -0.352 e. The Labute approximate surface area is 197 Å². The summed E-state index contributed by atoms with van der Waals surface area (Å²) in [6.07, 6.45) is 1.31. The first-order valence-electron chi connectivity index (χ1n) is 11.3. The van der Waals surface area contributed by atoms with Crippen molar-refractivity contribution in [3.8, 4) is 0 Å². The normalized spacial score (nSPS) is 10.9. The fourth-order valence-corrected chi connectivity index (χ4v) is 3.75. The lowest BCUT2D eigenvalue weighted by molar-refractivity contribution is -0.121. The van der Waals surface area contributed by atoms with Crippen LogP contribution in [0.25, 0.3) is 11.0 Å². The van der Waals surface area contributed by atoms with Crippen molar-refractivity contribution in [1.29, 1.82) is 0 Å². The summed E-state index contributed by atoms with van der Waals surface area (Å²) in [6, 6.07) is 21.2. The van der Waals surface area contributed by atoms with Gasteiger partial charge in [-0.05, 0) is 55.3 Å². The number of hydrogen-bond donors (Lipinski definition) is 2. The molecule has 4 aromatic rings. The molecule has 7 heteroatoms. The number of benzene rings is 3. The summed E-state index contributed by atoms with van der Waals surface area (Å²) in [7, 11) is 0. The lowest BCUT2D eigenvalue weighted by atomic mass is 10.1. The Balaban J connectivity index is 1.36. The second-order valence-electron chi connectivity index (χ2n) is 8.23. The molecule has 1 heterocycles. The van der Waals surface area contributed by atoms with Crippen molar-refractivity contribution in [3.05, 3.63) is 101 Å². The van der Waals surface area contributed by atoms with Crippen LogP contribution in [0.5, 0.6) is 0 Å². The van der Waals surface area contributed by atoms with Crippen LogP contribution in [-0.2, 0) is 24.3 Å². The summed E-state index contributed by atoms with van der Waals surface area (Å²) in [5.41, 5.74) is 4.29. The number of nitrogens with one attached hydrogen (secondary N) is 2. The Hall–Kier alpha value is -4.00. The predicted octanol–water partition coefficient (Wildman–Crippen LogP) is 4.16. The van der Waals surface area contributed by atoms with Crippen molar-refractivity contribution >= 4 is 22.8 Å². The fraction of sp³-hybridized carbons (Fsp3) is 0.222. The quantitative estimate of drug-likeness (QED) is 0.370. The van der Waals surface area contributed by atoms with Crippen molar-refractivity contribution in [1.82, 2.24) is 20.2 Å². The molecule has 0 unspecified atom stereocenters. The van der Waals surface area contributed by atoms with E-state index in [1.807, 2.05) is 60.0 Å². The van der Waals surface area contributed by atoms with E-state index in [0.29, 0.717) is 31.5 Å². The number of para-hydroxylation sites is 2. The maximum absolute atomic E-state index is 13.1. The van der Waals surface area contributed by atoms with Gasteiger partial charge in [-0.1, -0.05) is 42.0 Å². The summed E-state index contributed by atoms with van der Waals surface area (Å²) >= 11 is 0. The van der Waals surface area contributed by atoms with Crippen molar-refractivity contribution in [2.45, 2.75) is 32.9 Å². The first-order valence-corrected chi connectivity index (χ1v) is 11.3. The molecule has 0 saturated heterocycles.